The number of para-hydroxylation sites is 1. The Balaban J connectivity index is 0.00000300. The molecule has 6 nitrogen and oxygen atoms in total. The fourth-order valence-electron chi connectivity index (χ4n) is 3.32. The summed E-state index contributed by atoms with van der Waals surface area (Å²) in [7, 11) is 0. The van der Waals surface area contributed by atoms with Gasteiger partial charge in [-0.3, -0.25) is 4.98 Å². The molecule has 1 unspecified atom stereocenters. The van der Waals surface area contributed by atoms with Crippen molar-refractivity contribution in [1.82, 2.24) is 15.6 Å². The molecule has 1 aromatic carbocycles. The molecular weight excluding hydrogens is 479 g/mol. The maximum Gasteiger partial charge on any atom is 0.191 e. The third kappa shape index (κ3) is 5.70. The Morgan fingerprint density at radius 1 is 1.21 bits per heavy atom. The number of aryl methyl sites for hydroxylation is 2. The summed E-state index contributed by atoms with van der Waals surface area (Å²) in [6, 6.07) is 12.0. The van der Waals surface area contributed by atoms with Gasteiger partial charge in [-0.25, -0.2) is 4.99 Å². The number of guanidine groups is 1. The van der Waals surface area contributed by atoms with Gasteiger partial charge in [0.15, 0.2) is 5.96 Å². The van der Waals surface area contributed by atoms with Crippen molar-refractivity contribution in [3.05, 3.63) is 65.2 Å². The molecule has 0 aliphatic heterocycles. The summed E-state index contributed by atoms with van der Waals surface area (Å²) in [5.74, 6) is 2.17. The fourth-order valence-corrected chi connectivity index (χ4v) is 3.32. The molecule has 3 aromatic rings. The van der Waals surface area contributed by atoms with Crippen molar-refractivity contribution in [1.29, 1.82) is 0 Å². The van der Waals surface area contributed by atoms with Gasteiger partial charge in [-0.05, 0) is 45.4 Å². The Kier molecular flexibility index (Phi) is 8.04. The zero-order valence-corrected chi connectivity index (χ0v) is 19.7. The fraction of sp³-hybridized carbons (Fsp3) is 0.364. The van der Waals surface area contributed by atoms with E-state index in [1.807, 2.05) is 57.2 Å². The first-order chi connectivity index (χ1) is 13.4. The van der Waals surface area contributed by atoms with E-state index in [4.69, 9.17) is 4.42 Å². The molecule has 7 heteroatoms. The van der Waals surface area contributed by atoms with Crippen molar-refractivity contribution in [2.75, 3.05) is 13.1 Å². The van der Waals surface area contributed by atoms with Crippen molar-refractivity contribution in [3.8, 4) is 0 Å². The summed E-state index contributed by atoms with van der Waals surface area (Å²) < 4.78 is 5.56. The van der Waals surface area contributed by atoms with Crippen LogP contribution >= 0.6 is 24.0 Å². The Morgan fingerprint density at radius 3 is 2.66 bits per heavy atom. The number of rotatable bonds is 6. The lowest BCUT2D eigenvalue weighted by Gasteiger charge is -2.24. The molecule has 0 saturated carbocycles. The number of halogens is 1. The topological polar surface area (TPSA) is 82.7 Å². The van der Waals surface area contributed by atoms with Crippen LogP contribution in [-0.2, 0) is 12.1 Å². The average Bonchev–Trinajstić information content (AvgIpc) is 3.03. The number of furan rings is 1. The number of hydrogen-bond acceptors (Lipinski definition) is 4. The molecule has 29 heavy (non-hydrogen) atoms. The highest BCUT2D eigenvalue weighted by atomic mass is 127. The van der Waals surface area contributed by atoms with Gasteiger partial charge in [-0.2, -0.15) is 0 Å². The number of aromatic nitrogens is 1. The van der Waals surface area contributed by atoms with E-state index in [-0.39, 0.29) is 24.0 Å². The first kappa shape index (κ1) is 23.2. The first-order valence-electron chi connectivity index (χ1n) is 9.55. The molecule has 3 N–H and O–H groups in total. The number of fused-ring (bicyclic) bond motifs is 1. The second-order valence-electron chi connectivity index (χ2n) is 7.14. The molecule has 0 fully saturated rings. The number of pyridine rings is 1. The Labute approximate surface area is 188 Å². The first-order valence-corrected chi connectivity index (χ1v) is 9.55. The molecule has 0 saturated heterocycles. The zero-order chi connectivity index (χ0) is 20.1. The molecule has 2 heterocycles. The summed E-state index contributed by atoms with van der Waals surface area (Å²) in [6.07, 6.45) is 1.80. The average molecular weight is 508 g/mol. The molecule has 0 spiro atoms. The monoisotopic (exact) mass is 508 g/mol. The highest BCUT2D eigenvalue weighted by Crippen LogP contribution is 2.26. The largest absolute Gasteiger partial charge is 0.466 e. The van der Waals surface area contributed by atoms with E-state index in [0.717, 1.165) is 40.1 Å². The van der Waals surface area contributed by atoms with E-state index >= 15 is 0 Å². The van der Waals surface area contributed by atoms with Gasteiger partial charge in [0.05, 0.1) is 18.6 Å². The van der Waals surface area contributed by atoms with Crippen LogP contribution in [-0.4, -0.2) is 29.1 Å². The van der Waals surface area contributed by atoms with E-state index in [2.05, 4.69) is 20.6 Å². The predicted octanol–water partition coefficient (Wildman–Crippen LogP) is 4.03. The molecule has 0 aliphatic rings. The van der Waals surface area contributed by atoms with E-state index in [9.17, 15) is 5.11 Å². The molecule has 156 valence electrons. The minimum absolute atomic E-state index is 0. The number of benzene rings is 1. The molecular formula is C22H29IN4O2. The van der Waals surface area contributed by atoms with Crippen LogP contribution in [0.4, 0.5) is 0 Å². The molecule has 2 aromatic heterocycles. The lowest BCUT2D eigenvalue weighted by atomic mass is 9.96. The van der Waals surface area contributed by atoms with Gasteiger partial charge in [-0.15, -0.1) is 24.0 Å². The predicted molar refractivity (Wildman–Crippen MR) is 128 cm³/mol. The maximum atomic E-state index is 10.9. The summed E-state index contributed by atoms with van der Waals surface area (Å²) in [5.41, 5.74) is 1.73. The van der Waals surface area contributed by atoms with Crippen LogP contribution in [0.3, 0.4) is 0 Å². The number of aliphatic imine (C=N–C) groups is 1. The van der Waals surface area contributed by atoms with Gasteiger partial charge < -0.3 is 20.2 Å². The van der Waals surface area contributed by atoms with Crippen molar-refractivity contribution >= 4 is 40.8 Å². The molecule has 0 bridgehead atoms. The standard InChI is InChI=1S/C22H28N4O2.HI/c1-5-23-21(26-14-22(4,27)19-12-15(2)28-16(19)3)25-13-18-9-6-8-17-10-7-11-24-20(17)18;/h6-12,27H,5,13-14H2,1-4H3,(H2,23,25,26);1H. The molecule has 0 aliphatic carbocycles. The van der Waals surface area contributed by atoms with Crippen LogP contribution in [0.25, 0.3) is 10.9 Å². The molecule has 1 atom stereocenters. The molecule has 0 amide bonds. The lowest BCUT2D eigenvalue weighted by Crippen LogP contribution is -2.44. The number of nitrogens with one attached hydrogen (secondary N) is 2. The number of hydrogen-bond donors (Lipinski definition) is 3. The van der Waals surface area contributed by atoms with Crippen LogP contribution in [0.1, 0.15) is 36.5 Å². The summed E-state index contributed by atoms with van der Waals surface area (Å²) >= 11 is 0. The van der Waals surface area contributed by atoms with Crippen LogP contribution in [0.5, 0.6) is 0 Å². The number of aliphatic hydroxyl groups is 1. The molecule has 3 rings (SSSR count). The minimum atomic E-state index is -1.07. The Morgan fingerprint density at radius 2 is 1.97 bits per heavy atom. The van der Waals surface area contributed by atoms with Crippen molar-refractivity contribution < 1.29 is 9.52 Å². The third-order valence-electron chi connectivity index (χ3n) is 4.69. The van der Waals surface area contributed by atoms with Gasteiger partial charge >= 0.3 is 0 Å². The van der Waals surface area contributed by atoms with Gasteiger partial charge in [0.25, 0.3) is 0 Å². The van der Waals surface area contributed by atoms with Gasteiger partial charge in [-0.1, -0.05) is 24.3 Å². The second kappa shape index (κ2) is 10.1. The highest BCUT2D eigenvalue weighted by molar-refractivity contribution is 14.0. The Hall–Kier alpha value is -2.13. The van der Waals surface area contributed by atoms with Crippen molar-refractivity contribution in [2.45, 2.75) is 39.8 Å². The highest BCUT2D eigenvalue weighted by Gasteiger charge is 2.27. The van der Waals surface area contributed by atoms with Crippen LogP contribution in [0, 0.1) is 13.8 Å². The quantitative estimate of drug-likeness (QED) is 0.266. The minimum Gasteiger partial charge on any atom is -0.466 e. The maximum absolute atomic E-state index is 10.9. The third-order valence-corrected chi connectivity index (χ3v) is 4.69. The summed E-state index contributed by atoms with van der Waals surface area (Å²) in [4.78, 5) is 9.16. The van der Waals surface area contributed by atoms with Crippen molar-refractivity contribution in [2.24, 2.45) is 4.99 Å². The van der Waals surface area contributed by atoms with Gasteiger partial charge in [0.1, 0.15) is 17.1 Å². The van der Waals surface area contributed by atoms with Crippen LogP contribution in [0.2, 0.25) is 0 Å². The summed E-state index contributed by atoms with van der Waals surface area (Å²) in [6.45, 7) is 9.06. The second-order valence-corrected chi connectivity index (χ2v) is 7.14. The molecule has 0 radical (unpaired) electrons. The van der Waals surface area contributed by atoms with E-state index in [1.165, 1.54) is 0 Å². The van der Waals surface area contributed by atoms with E-state index in [1.54, 1.807) is 13.1 Å². The zero-order valence-electron chi connectivity index (χ0n) is 17.3. The van der Waals surface area contributed by atoms with Crippen molar-refractivity contribution in [3.63, 3.8) is 0 Å². The van der Waals surface area contributed by atoms with E-state index in [0.29, 0.717) is 19.0 Å². The Bertz CT molecular complexity index is 977. The van der Waals surface area contributed by atoms with Crippen LogP contribution < -0.4 is 10.6 Å². The van der Waals surface area contributed by atoms with E-state index < -0.39 is 5.60 Å². The van der Waals surface area contributed by atoms with Gasteiger partial charge in [0, 0.05) is 23.7 Å². The van der Waals surface area contributed by atoms with Gasteiger partial charge in [0.2, 0.25) is 0 Å². The summed E-state index contributed by atoms with van der Waals surface area (Å²) in [5, 5.41) is 18.5. The lowest BCUT2D eigenvalue weighted by molar-refractivity contribution is 0.0601. The van der Waals surface area contributed by atoms with Crippen LogP contribution in [0.15, 0.2) is 52.0 Å². The normalized spacial score (nSPS) is 13.6. The number of nitrogens with zero attached hydrogens (tertiary/aromatic N) is 2. The smallest absolute Gasteiger partial charge is 0.191 e. The SMILES string of the molecule is CCNC(=NCc1cccc2cccnc12)NCC(C)(O)c1cc(C)oc1C.I.